The summed E-state index contributed by atoms with van der Waals surface area (Å²) in [5.41, 5.74) is 1.97. The van der Waals surface area contributed by atoms with Crippen molar-refractivity contribution in [3.63, 3.8) is 0 Å². The molecule has 8 heteroatoms. The molecule has 0 aliphatic heterocycles. The Kier molecular flexibility index (Phi) is 7.41. The van der Waals surface area contributed by atoms with Gasteiger partial charge in [-0.25, -0.2) is 8.42 Å². The second kappa shape index (κ2) is 9.85. The molecule has 1 amide bonds. The summed E-state index contributed by atoms with van der Waals surface area (Å²) >= 11 is 9.39. The lowest BCUT2D eigenvalue weighted by Crippen LogP contribution is -2.38. The van der Waals surface area contributed by atoms with Crippen molar-refractivity contribution >= 4 is 54.8 Å². The van der Waals surface area contributed by atoms with E-state index in [0.717, 1.165) is 9.87 Å². The molecule has 3 aromatic rings. The zero-order valence-corrected chi connectivity index (χ0v) is 20.2. The molecule has 0 fully saturated rings. The van der Waals surface area contributed by atoms with Crippen LogP contribution in [0, 0.1) is 0 Å². The zero-order chi connectivity index (χ0) is 22.6. The molecule has 0 heterocycles. The maximum atomic E-state index is 13.4. The summed E-state index contributed by atoms with van der Waals surface area (Å²) in [5, 5.41) is 3.15. The van der Waals surface area contributed by atoms with E-state index in [0.29, 0.717) is 26.8 Å². The number of nitrogens with zero attached hydrogens (tertiary/aromatic N) is 1. The minimum absolute atomic E-state index is 0.113. The molecule has 3 rings (SSSR count). The highest BCUT2D eigenvalue weighted by atomic mass is 79.9. The quantitative estimate of drug-likeness (QED) is 0.411. The van der Waals surface area contributed by atoms with Crippen LogP contribution >= 0.6 is 27.5 Å². The molecule has 0 atom stereocenters. The van der Waals surface area contributed by atoms with Gasteiger partial charge < -0.3 is 5.32 Å². The third-order valence-corrected chi connectivity index (χ3v) is 7.69. The Morgan fingerprint density at radius 3 is 2.26 bits per heavy atom. The molecule has 0 spiro atoms. The molecule has 1 N–H and O–H groups in total. The number of carbonyl (C=O) groups is 1. The Morgan fingerprint density at radius 2 is 1.68 bits per heavy atom. The van der Waals surface area contributed by atoms with E-state index in [2.05, 4.69) is 35.1 Å². The first-order chi connectivity index (χ1) is 14.7. The zero-order valence-electron chi connectivity index (χ0n) is 17.0. The van der Waals surface area contributed by atoms with E-state index < -0.39 is 15.9 Å². The Labute approximate surface area is 196 Å². The Bertz CT molecular complexity index is 1170. The van der Waals surface area contributed by atoms with Gasteiger partial charge in [0.1, 0.15) is 6.54 Å². The third kappa shape index (κ3) is 5.67. The van der Waals surface area contributed by atoms with Gasteiger partial charge in [0.2, 0.25) is 5.91 Å². The summed E-state index contributed by atoms with van der Waals surface area (Å²) in [6, 6.07) is 20.2. The van der Waals surface area contributed by atoms with Crippen LogP contribution in [-0.4, -0.2) is 20.9 Å². The first kappa shape index (κ1) is 23.3. The van der Waals surface area contributed by atoms with Crippen LogP contribution in [0.5, 0.6) is 0 Å². The molecule has 0 aliphatic rings. The average molecular weight is 522 g/mol. The number of rotatable bonds is 7. The Balaban J connectivity index is 1.93. The molecule has 0 radical (unpaired) electrons. The lowest BCUT2D eigenvalue weighted by atomic mass is 10.0. The van der Waals surface area contributed by atoms with Crippen molar-refractivity contribution in [3.05, 3.63) is 87.9 Å². The monoisotopic (exact) mass is 520 g/mol. The standard InChI is InChI=1S/C23H22BrClN2O3S/c1-16(2)17-8-11-19(12-9-17)27(31(29,30)20-6-4-3-5-7-20)15-23(28)26-18-10-13-21(24)22(25)14-18/h3-14,16H,15H2,1-2H3,(H,26,28). The van der Waals surface area contributed by atoms with Gasteiger partial charge in [0.05, 0.1) is 15.6 Å². The van der Waals surface area contributed by atoms with Crippen LogP contribution in [0.15, 0.2) is 82.2 Å². The van der Waals surface area contributed by atoms with E-state index in [-0.39, 0.29) is 11.4 Å². The molecule has 0 bridgehead atoms. The second-order valence-corrected chi connectivity index (χ2v) is 10.4. The molecule has 0 aromatic heterocycles. The number of anilines is 2. The van der Waals surface area contributed by atoms with Crippen molar-refractivity contribution in [2.24, 2.45) is 0 Å². The normalized spacial score (nSPS) is 11.4. The van der Waals surface area contributed by atoms with Crippen molar-refractivity contribution in [1.29, 1.82) is 0 Å². The van der Waals surface area contributed by atoms with E-state index in [9.17, 15) is 13.2 Å². The van der Waals surface area contributed by atoms with Gasteiger partial charge in [-0.1, -0.05) is 55.8 Å². The van der Waals surface area contributed by atoms with E-state index in [1.807, 2.05) is 12.1 Å². The SMILES string of the molecule is CC(C)c1ccc(N(CC(=O)Nc2ccc(Br)c(Cl)c2)S(=O)(=O)c2ccccc2)cc1. The maximum absolute atomic E-state index is 13.4. The van der Waals surface area contributed by atoms with Crippen LogP contribution in [0.1, 0.15) is 25.3 Å². The fourth-order valence-corrected chi connectivity index (χ4v) is 4.83. The van der Waals surface area contributed by atoms with Crippen LogP contribution in [0.4, 0.5) is 11.4 Å². The lowest BCUT2D eigenvalue weighted by molar-refractivity contribution is -0.114. The summed E-state index contributed by atoms with van der Waals surface area (Å²) in [6.07, 6.45) is 0. The largest absolute Gasteiger partial charge is 0.324 e. The number of benzene rings is 3. The number of carbonyl (C=O) groups excluding carboxylic acids is 1. The third-order valence-electron chi connectivity index (χ3n) is 4.67. The fraction of sp³-hybridized carbons (Fsp3) is 0.174. The van der Waals surface area contributed by atoms with Gasteiger partial charge in [0.25, 0.3) is 10.0 Å². The van der Waals surface area contributed by atoms with Gasteiger partial charge in [0, 0.05) is 10.2 Å². The average Bonchev–Trinajstić information content (AvgIpc) is 2.75. The molecular formula is C23H22BrClN2O3S. The van der Waals surface area contributed by atoms with Crippen molar-refractivity contribution in [2.75, 3.05) is 16.2 Å². The fourth-order valence-electron chi connectivity index (χ4n) is 2.97. The molecular weight excluding hydrogens is 500 g/mol. The number of nitrogens with one attached hydrogen (secondary N) is 1. The molecule has 0 saturated carbocycles. The number of hydrogen-bond donors (Lipinski definition) is 1. The van der Waals surface area contributed by atoms with E-state index >= 15 is 0 Å². The summed E-state index contributed by atoms with van der Waals surface area (Å²) < 4.78 is 28.5. The van der Waals surface area contributed by atoms with E-state index in [1.165, 1.54) is 12.1 Å². The molecule has 0 saturated heterocycles. The minimum Gasteiger partial charge on any atom is -0.324 e. The topological polar surface area (TPSA) is 66.5 Å². The number of amides is 1. The summed E-state index contributed by atoms with van der Waals surface area (Å²) in [6.45, 7) is 3.74. The van der Waals surface area contributed by atoms with Gasteiger partial charge in [-0.2, -0.15) is 0 Å². The van der Waals surface area contributed by atoms with Gasteiger partial charge in [-0.15, -0.1) is 0 Å². The van der Waals surface area contributed by atoms with E-state index in [1.54, 1.807) is 48.5 Å². The molecule has 0 unspecified atom stereocenters. The summed E-state index contributed by atoms with van der Waals surface area (Å²) in [4.78, 5) is 12.9. The lowest BCUT2D eigenvalue weighted by Gasteiger charge is -2.24. The van der Waals surface area contributed by atoms with Gasteiger partial charge >= 0.3 is 0 Å². The van der Waals surface area contributed by atoms with Crippen molar-refractivity contribution in [3.8, 4) is 0 Å². The predicted octanol–water partition coefficient (Wildman–Crippen LogP) is 6.06. The highest BCUT2D eigenvalue weighted by Gasteiger charge is 2.27. The molecule has 31 heavy (non-hydrogen) atoms. The summed E-state index contributed by atoms with van der Waals surface area (Å²) in [5.74, 6) is -0.176. The van der Waals surface area contributed by atoms with Crippen LogP contribution < -0.4 is 9.62 Å². The first-order valence-corrected chi connectivity index (χ1v) is 12.2. The van der Waals surface area contributed by atoms with Gasteiger partial charge in [-0.05, 0) is 69.9 Å². The second-order valence-electron chi connectivity index (χ2n) is 7.25. The smallest absolute Gasteiger partial charge is 0.264 e. The Morgan fingerprint density at radius 1 is 1.03 bits per heavy atom. The number of halogens is 2. The highest BCUT2D eigenvalue weighted by molar-refractivity contribution is 9.10. The summed E-state index contributed by atoms with van der Waals surface area (Å²) in [7, 11) is -3.95. The molecule has 3 aromatic carbocycles. The van der Waals surface area contributed by atoms with Crippen LogP contribution in [0.3, 0.4) is 0 Å². The predicted molar refractivity (Wildman–Crippen MR) is 129 cm³/mol. The first-order valence-electron chi connectivity index (χ1n) is 9.61. The van der Waals surface area contributed by atoms with Gasteiger partial charge in [0.15, 0.2) is 0 Å². The van der Waals surface area contributed by atoms with Crippen LogP contribution in [0.2, 0.25) is 5.02 Å². The minimum atomic E-state index is -3.95. The van der Waals surface area contributed by atoms with E-state index in [4.69, 9.17) is 11.6 Å². The van der Waals surface area contributed by atoms with Gasteiger partial charge in [-0.3, -0.25) is 9.10 Å². The maximum Gasteiger partial charge on any atom is 0.264 e. The molecule has 5 nitrogen and oxygen atoms in total. The number of hydrogen-bond acceptors (Lipinski definition) is 3. The molecule has 0 aliphatic carbocycles. The molecule has 162 valence electrons. The number of sulfonamides is 1. The van der Waals surface area contributed by atoms with Crippen LogP contribution in [-0.2, 0) is 14.8 Å². The highest BCUT2D eigenvalue weighted by Crippen LogP contribution is 2.27. The van der Waals surface area contributed by atoms with Crippen molar-refractivity contribution < 1.29 is 13.2 Å². The van der Waals surface area contributed by atoms with Crippen molar-refractivity contribution in [2.45, 2.75) is 24.7 Å². The van der Waals surface area contributed by atoms with Crippen molar-refractivity contribution in [1.82, 2.24) is 0 Å². The Hall–Kier alpha value is -2.35. The van der Waals surface area contributed by atoms with Crippen LogP contribution in [0.25, 0.3) is 0 Å².